The molecule has 0 saturated carbocycles. The largest absolute Gasteiger partial charge is 0.493 e. The Hall–Kier alpha value is -5.13. The van der Waals surface area contributed by atoms with Crippen LogP contribution in [-0.2, 0) is 52.8 Å². The van der Waals surface area contributed by atoms with Gasteiger partial charge >= 0.3 is 12.1 Å². The number of aromatic nitrogens is 3. The first kappa shape index (κ1) is 41.5. The van der Waals surface area contributed by atoms with Crippen LogP contribution in [0.1, 0.15) is 73.5 Å². The van der Waals surface area contributed by atoms with Gasteiger partial charge in [-0.25, -0.2) is 9.59 Å². The van der Waals surface area contributed by atoms with Crippen LogP contribution in [-0.4, -0.2) is 63.7 Å². The van der Waals surface area contributed by atoms with Crippen LogP contribution in [0, 0.1) is 0 Å². The van der Waals surface area contributed by atoms with Crippen LogP contribution in [0.3, 0.4) is 0 Å². The summed E-state index contributed by atoms with van der Waals surface area (Å²) < 4.78 is 28.0. The molecule has 0 radical (unpaired) electrons. The Kier molecular flexibility index (Phi) is 13.7. The number of benzene rings is 4. The standard InChI is InChI=1S/C46H53BrN4O6/c1-7-55-44(52)43-36(24-15-28-56-40-25-13-20-33-19-11-12-21-34(33)40)35-22-14-23-37(42(35)51(43)27-16-26-49(5)45(53)57-46(2,3)4)41-38(48-50(6)39(41)29-47)31-54-30-32-17-9-8-10-18-32/h8-14,17-23,25H,7,15-16,24,26-31H2,1-6H3. The Bertz CT molecular complexity index is 2300. The fourth-order valence-electron chi connectivity index (χ4n) is 7.27. The van der Waals surface area contributed by atoms with E-state index in [0.29, 0.717) is 63.2 Å². The molecule has 0 aliphatic heterocycles. The second-order valence-electron chi connectivity index (χ2n) is 15.1. The van der Waals surface area contributed by atoms with Crippen molar-refractivity contribution in [1.29, 1.82) is 0 Å². The van der Waals surface area contributed by atoms with Crippen molar-refractivity contribution in [3.63, 3.8) is 0 Å². The summed E-state index contributed by atoms with van der Waals surface area (Å²) >= 11 is 3.74. The van der Waals surface area contributed by atoms with Crippen LogP contribution in [0.2, 0.25) is 0 Å². The number of esters is 1. The molecule has 0 N–H and O–H groups in total. The van der Waals surface area contributed by atoms with Crippen molar-refractivity contribution < 1.29 is 28.5 Å². The summed E-state index contributed by atoms with van der Waals surface area (Å²) in [6.07, 6.45) is 1.42. The Labute approximate surface area is 343 Å². The molecule has 2 aromatic heterocycles. The number of aryl methyl sites for hydroxylation is 3. The molecular weight excluding hydrogens is 784 g/mol. The first-order valence-corrected chi connectivity index (χ1v) is 20.7. The average molecular weight is 838 g/mol. The highest BCUT2D eigenvalue weighted by Gasteiger charge is 2.28. The minimum atomic E-state index is -0.612. The molecule has 57 heavy (non-hydrogen) atoms. The Morgan fingerprint density at radius 3 is 2.35 bits per heavy atom. The van der Waals surface area contributed by atoms with Gasteiger partial charge in [-0.05, 0) is 69.5 Å². The summed E-state index contributed by atoms with van der Waals surface area (Å²) in [7, 11) is 3.68. The van der Waals surface area contributed by atoms with Crippen LogP contribution in [0.25, 0.3) is 32.8 Å². The lowest BCUT2D eigenvalue weighted by atomic mass is 9.98. The molecule has 0 atom stereocenters. The third kappa shape index (κ3) is 9.88. The van der Waals surface area contributed by atoms with Crippen LogP contribution in [0.15, 0.2) is 91.0 Å². The number of hydrogen-bond acceptors (Lipinski definition) is 7. The molecule has 0 spiro atoms. The van der Waals surface area contributed by atoms with Crippen LogP contribution >= 0.6 is 15.9 Å². The molecule has 0 aliphatic rings. The highest BCUT2D eigenvalue weighted by molar-refractivity contribution is 9.08. The van der Waals surface area contributed by atoms with Crippen molar-refractivity contribution in [1.82, 2.24) is 19.2 Å². The van der Waals surface area contributed by atoms with E-state index in [1.165, 1.54) is 0 Å². The predicted octanol–water partition coefficient (Wildman–Crippen LogP) is 10.3. The van der Waals surface area contributed by atoms with E-state index >= 15 is 0 Å². The van der Waals surface area contributed by atoms with Gasteiger partial charge in [0.05, 0.1) is 43.3 Å². The zero-order chi connectivity index (χ0) is 40.5. The zero-order valence-electron chi connectivity index (χ0n) is 33.8. The van der Waals surface area contributed by atoms with E-state index < -0.39 is 11.7 Å². The van der Waals surface area contributed by atoms with E-state index in [1.54, 1.807) is 11.9 Å². The summed E-state index contributed by atoms with van der Waals surface area (Å²) in [5.74, 6) is 0.446. The highest BCUT2D eigenvalue weighted by Crippen LogP contribution is 2.39. The van der Waals surface area contributed by atoms with Gasteiger partial charge in [0.1, 0.15) is 17.0 Å². The number of nitrogens with zero attached hydrogens (tertiary/aromatic N) is 4. The quantitative estimate of drug-likeness (QED) is 0.0513. The van der Waals surface area contributed by atoms with E-state index in [2.05, 4.69) is 50.8 Å². The molecular formula is C46H53BrN4O6. The maximum atomic E-state index is 14.1. The van der Waals surface area contributed by atoms with Gasteiger partial charge in [0, 0.05) is 54.4 Å². The van der Waals surface area contributed by atoms with Gasteiger partial charge in [0.25, 0.3) is 0 Å². The van der Waals surface area contributed by atoms with Gasteiger partial charge in [-0.3, -0.25) is 4.68 Å². The lowest BCUT2D eigenvalue weighted by Gasteiger charge is -2.24. The first-order valence-electron chi connectivity index (χ1n) is 19.6. The lowest BCUT2D eigenvalue weighted by Crippen LogP contribution is -2.35. The van der Waals surface area contributed by atoms with E-state index in [-0.39, 0.29) is 12.6 Å². The molecule has 6 aromatic rings. The smallest absolute Gasteiger partial charge is 0.410 e. The van der Waals surface area contributed by atoms with E-state index in [9.17, 15) is 9.59 Å². The summed E-state index contributed by atoms with van der Waals surface area (Å²) in [5, 5.41) is 8.65. The van der Waals surface area contributed by atoms with Gasteiger partial charge < -0.3 is 28.4 Å². The predicted molar refractivity (Wildman–Crippen MR) is 229 cm³/mol. The number of ether oxygens (including phenoxy) is 4. The van der Waals surface area contributed by atoms with Crippen molar-refractivity contribution in [2.75, 3.05) is 26.8 Å². The maximum absolute atomic E-state index is 14.1. The summed E-state index contributed by atoms with van der Waals surface area (Å²) in [6.45, 7) is 9.70. The van der Waals surface area contributed by atoms with E-state index in [0.717, 1.165) is 61.1 Å². The summed E-state index contributed by atoms with van der Waals surface area (Å²) in [6, 6.07) is 30.6. The molecule has 4 aromatic carbocycles. The average Bonchev–Trinajstić information content (AvgIpc) is 3.69. The molecule has 1 amide bonds. The molecule has 10 nitrogen and oxygen atoms in total. The number of amides is 1. The zero-order valence-corrected chi connectivity index (χ0v) is 35.4. The van der Waals surface area contributed by atoms with Crippen LogP contribution in [0.5, 0.6) is 5.75 Å². The van der Waals surface area contributed by atoms with E-state index in [1.807, 2.05) is 100 Å². The minimum Gasteiger partial charge on any atom is -0.493 e. The minimum absolute atomic E-state index is 0.234. The van der Waals surface area contributed by atoms with Crippen molar-refractivity contribution in [3.8, 4) is 16.9 Å². The molecule has 300 valence electrons. The fourth-order valence-corrected chi connectivity index (χ4v) is 7.91. The highest BCUT2D eigenvalue weighted by atomic mass is 79.9. The van der Waals surface area contributed by atoms with E-state index in [4.69, 9.17) is 24.0 Å². The van der Waals surface area contributed by atoms with Crippen molar-refractivity contribution >= 4 is 49.7 Å². The Morgan fingerprint density at radius 1 is 0.877 bits per heavy atom. The number of para-hydroxylation sites is 1. The number of hydrogen-bond donors (Lipinski definition) is 0. The molecule has 0 saturated heterocycles. The van der Waals surface area contributed by atoms with Crippen LogP contribution < -0.4 is 4.74 Å². The fraction of sp³-hybridized carbons (Fsp3) is 0.370. The van der Waals surface area contributed by atoms with Gasteiger partial charge in [0.15, 0.2) is 0 Å². The van der Waals surface area contributed by atoms with Gasteiger partial charge in [-0.1, -0.05) is 101 Å². The lowest BCUT2D eigenvalue weighted by molar-refractivity contribution is 0.0294. The normalized spacial score (nSPS) is 11.6. The topological polar surface area (TPSA) is 97.0 Å². The number of carbonyl (C=O) groups is 2. The SMILES string of the molecule is CCOC(=O)c1c(CCCOc2cccc3ccccc23)c2cccc(-c3c(COCc4ccccc4)nn(C)c3CBr)c2n1CCCN(C)C(=O)OC(C)(C)C. The number of rotatable bonds is 17. The molecule has 11 heteroatoms. The second-order valence-corrected chi connectivity index (χ2v) is 15.7. The van der Waals surface area contributed by atoms with Crippen molar-refractivity contribution in [2.24, 2.45) is 7.05 Å². The molecule has 2 heterocycles. The van der Waals surface area contributed by atoms with Crippen molar-refractivity contribution in [3.05, 3.63) is 119 Å². The summed E-state index contributed by atoms with van der Waals surface area (Å²) in [4.78, 5) is 28.6. The monoisotopic (exact) mass is 836 g/mol. The molecule has 0 bridgehead atoms. The van der Waals surface area contributed by atoms with Crippen molar-refractivity contribution in [2.45, 2.75) is 77.6 Å². The molecule has 0 aliphatic carbocycles. The number of alkyl halides is 1. The second kappa shape index (κ2) is 18.9. The van der Waals surface area contributed by atoms with Gasteiger partial charge in [-0.15, -0.1) is 0 Å². The number of fused-ring (bicyclic) bond motifs is 2. The maximum Gasteiger partial charge on any atom is 0.410 e. The Morgan fingerprint density at radius 2 is 1.60 bits per heavy atom. The summed E-state index contributed by atoms with van der Waals surface area (Å²) in [5.41, 5.74) is 6.47. The molecule has 0 unspecified atom stereocenters. The van der Waals surface area contributed by atoms with Gasteiger partial charge in [-0.2, -0.15) is 5.10 Å². The first-order chi connectivity index (χ1) is 27.5. The molecule has 0 fully saturated rings. The molecule has 6 rings (SSSR count). The third-order valence-corrected chi connectivity index (χ3v) is 10.3. The number of halogens is 1. The third-order valence-electron chi connectivity index (χ3n) is 9.80. The number of carbonyl (C=O) groups excluding carboxylic acids is 2. The van der Waals surface area contributed by atoms with Crippen LogP contribution in [0.4, 0.5) is 4.79 Å². The Balaban J connectivity index is 1.40. The van der Waals surface area contributed by atoms with Gasteiger partial charge in [0.2, 0.25) is 0 Å².